The first-order valence-electron chi connectivity index (χ1n) is 7.14. The van der Waals surface area contributed by atoms with E-state index in [9.17, 15) is 9.59 Å². The zero-order valence-corrected chi connectivity index (χ0v) is 12.6. The molecule has 6 heteroatoms. The summed E-state index contributed by atoms with van der Waals surface area (Å²) in [6, 6.07) is 0.342. The first-order valence-corrected chi connectivity index (χ1v) is 7.14. The Kier molecular flexibility index (Phi) is 3.95. The van der Waals surface area contributed by atoms with Crippen LogP contribution in [0, 0.1) is 5.92 Å². The van der Waals surface area contributed by atoms with Crippen molar-refractivity contribution in [1.82, 2.24) is 9.80 Å². The summed E-state index contributed by atoms with van der Waals surface area (Å²) in [5.74, 6) is -1.14. The van der Waals surface area contributed by atoms with E-state index in [0.29, 0.717) is 6.54 Å². The molecule has 3 aliphatic rings. The van der Waals surface area contributed by atoms with E-state index in [2.05, 4.69) is 4.90 Å². The normalized spacial score (nSPS) is 27.7. The van der Waals surface area contributed by atoms with Crippen LogP contribution in [0.4, 0.5) is 4.79 Å². The minimum absolute atomic E-state index is 0.171. The molecule has 2 bridgehead atoms. The molecule has 3 saturated heterocycles. The molecule has 0 aromatic rings. The monoisotopic (exact) mass is 284 g/mol. The van der Waals surface area contributed by atoms with Crippen molar-refractivity contribution in [2.45, 2.75) is 51.8 Å². The van der Waals surface area contributed by atoms with Gasteiger partial charge < -0.3 is 9.84 Å². The third-order valence-electron chi connectivity index (χ3n) is 3.83. The second-order valence-corrected chi connectivity index (χ2v) is 6.89. The van der Waals surface area contributed by atoms with Crippen LogP contribution in [0.2, 0.25) is 0 Å². The van der Waals surface area contributed by atoms with Gasteiger partial charge in [-0.2, -0.15) is 0 Å². The number of hydrogen-bond donors (Lipinski definition) is 1. The molecule has 3 unspecified atom stereocenters. The number of hydrogen-bond acceptors (Lipinski definition) is 4. The Morgan fingerprint density at radius 2 is 1.85 bits per heavy atom. The maximum Gasteiger partial charge on any atom is 0.410 e. The molecule has 0 aliphatic carbocycles. The molecule has 1 N–H and O–H groups in total. The summed E-state index contributed by atoms with van der Waals surface area (Å²) >= 11 is 0. The number of piperidine rings is 1. The van der Waals surface area contributed by atoms with E-state index in [0.717, 1.165) is 19.5 Å². The average Bonchev–Trinajstić information content (AvgIpc) is 2.25. The van der Waals surface area contributed by atoms with Crippen molar-refractivity contribution in [2.75, 3.05) is 19.6 Å². The second-order valence-electron chi connectivity index (χ2n) is 6.89. The van der Waals surface area contributed by atoms with Gasteiger partial charge in [0.1, 0.15) is 5.60 Å². The number of aliphatic carboxylic acids is 1. The van der Waals surface area contributed by atoms with Crippen LogP contribution in [-0.2, 0) is 9.53 Å². The minimum Gasteiger partial charge on any atom is -0.481 e. The quantitative estimate of drug-likeness (QED) is 0.848. The zero-order valence-electron chi connectivity index (χ0n) is 12.6. The molecule has 3 rings (SSSR count). The SMILES string of the molecule is CC(CN1CC2CC(C1)N2C(=O)OC(C)(C)C)C(=O)O. The van der Waals surface area contributed by atoms with E-state index in [1.165, 1.54) is 0 Å². The fourth-order valence-electron chi connectivity index (χ4n) is 2.92. The van der Waals surface area contributed by atoms with Gasteiger partial charge in [0.2, 0.25) is 0 Å². The molecular formula is C14H24N2O4. The van der Waals surface area contributed by atoms with Gasteiger partial charge in [-0.25, -0.2) is 4.79 Å². The van der Waals surface area contributed by atoms with Crippen LogP contribution in [0.5, 0.6) is 0 Å². The van der Waals surface area contributed by atoms with Crippen molar-refractivity contribution < 1.29 is 19.4 Å². The second kappa shape index (κ2) is 5.24. The number of ether oxygens (including phenoxy) is 1. The van der Waals surface area contributed by atoms with E-state index < -0.39 is 11.6 Å². The highest BCUT2D eigenvalue weighted by Gasteiger charge is 2.48. The molecule has 6 nitrogen and oxygen atoms in total. The molecule has 20 heavy (non-hydrogen) atoms. The molecule has 0 spiro atoms. The lowest BCUT2D eigenvalue weighted by atomic mass is 9.87. The molecule has 0 radical (unpaired) electrons. The molecule has 114 valence electrons. The fourth-order valence-corrected chi connectivity index (χ4v) is 2.92. The van der Waals surface area contributed by atoms with Crippen molar-refractivity contribution in [3.8, 4) is 0 Å². The van der Waals surface area contributed by atoms with E-state index in [1.807, 2.05) is 25.7 Å². The van der Waals surface area contributed by atoms with Crippen molar-refractivity contribution in [3.05, 3.63) is 0 Å². The number of amides is 1. The Bertz CT molecular complexity index is 392. The summed E-state index contributed by atoms with van der Waals surface area (Å²) in [5, 5.41) is 8.95. The van der Waals surface area contributed by atoms with Gasteiger partial charge in [-0.1, -0.05) is 6.92 Å². The van der Waals surface area contributed by atoms with Gasteiger partial charge in [0.15, 0.2) is 0 Å². The molecule has 0 aromatic carbocycles. The standard InChI is InChI=1S/C14H24N2O4/c1-9(12(17)18)6-15-7-10-5-11(8-15)16(10)13(19)20-14(2,3)4/h9-11H,5-8H2,1-4H3,(H,17,18). The number of carbonyl (C=O) groups excluding carboxylic acids is 1. The lowest BCUT2D eigenvalue weighted by molar-refractivity contribution is -0.143. The summed E-state index contributed by atoms with van der Waals surface area (Å²) in [6.07, 6.45) is 0.752. The predicted molar refractivity (Wildman–Crippen MR) is 73.5 cm³/mol. The summed E-state index contributed by atoms with van der Waals surface area (Å²) in [4.78, 5) is 26.9. The highest BCUT2D eigenvalue weighted by atomic mass is 16.6. The Hall–Kier alpha value is -1.30. The van der Waals surface area contributed by atoms with Crippen LogP contribution < -0.4 is 0 Å². The third-order valence-corrected chi connectivity index (χ3v) is 3.83. The number of carboxylic acids is 1. The summed E-state index contributed by atoms with van der Waals surface area (Å²) < 4.78 is 5.41. The Balaban J connectivity index is 1.86. The smallest absolute Gasteiger partial charge is 0.410 e. The van der Waals surface area contributed by atoms with E-state index >= 15 is 0 Å². The number of rotatable bonds is 3. The van der Waals surface area contributed by atoms with E-state index in [-0.39, 0.29) is 24.1 Å². The Labute approximate surface area is 119 Å². The topological polar surface area (TPSA) is 70.1 Å². The first-order chi connectivity index (χ1) is 9.17. The summed E-state index contributed by atoms with van der Waals surface area (Å²) in [6.45, 7) is 9.34. The molecule has 1 amide bonds. The molecule has 3 fully saturated rings. The lowest BCUT2D eigenvalue weighted by Gasteiger charge is -2.56. The maximum atomic E-state index is 12.1. The third kappa shape index (κ3) is 3.23. The summed E-state index contributed by atoms with van der Waals surface area (Å²) in [7, 11) is 0. The van der Waals surface area contributed by atoms with Crippen molar-refractivity contribution in [2.24, 2.45) is 5.92 Å². The van der Waals surface area contributed by atoms with Crippen LogP contribution in [-0.4, -0.2) is 64.3 Å². The van der Waals surface area contributed by atoms with Crippen LogP contribution in [0.25, 0.3) is 0 Å². The number of piperazine rings is 1. The van der Waals surface area contributed by atoms with Gasteiger partial charge in [0, 0.05) is 19.6 Å². The van der Waals surface area contributed by atoms with Gasteiger partial charge in [0.25, 0.3) is 0 Å². The Morgan fingerprint density at radius 1 is 1.30 bits per heavy atom. The molecule has 0 aromatic heterocycles. The number of carboxylic acid groups (broad SMARTS) is 1. The van der Waals surface area contributed by atoms with Gasteiger partial charge in [0.05, 0.1) is 18.0 Å². The van der Waals surface area contributed by atoms with Crippen LogP contribution in [0.1, 0.15) is 34.1 Å². The maximum absolute atomic E-state index is 12.1. The zero-order chi connectivity index (χ0) is 15.1. The minimum atomic E-state index is -0.770. The van der Waals surface area contributed by atoms with Crippen molar-refractivity contribution in [3.63, 3.8) is 0 Å². The molecule has 3 atom stereocenters. The molecule has 0 saturated carbocycles. The van der Waals surface area contributed by atoms with Gasteiger partial charge in [-0.3, -0.25) is 14.6 Å². The van der Waals surface area contributed by atoms with Gasteiger partial charge in [-0.05, 0) is 27.2 Å². The molecule has 3 heterocycles. The molecular weight excluding hydrogens is 260 g/mol. The number of nitrogens with zero attached hydrogens (tertiary/aromatic N) is 2. The predicted octanol–water partition coefficient (Wildman–Crippen LogP) is 1.40. The van der Waals surface area contributed by atoms with Crippen molar-refractivity contribution >= 4 is 12.1 Å². The van der Waals surface area contributed by atoms with E-state index in [1.54, 1.807) is 6.92 Å². The van der Waals surface area contributed by atoms with Crippen LogP contribution >= 0.6 is 0 Å². The van der Waals surface area contributed by atoms with E-state index in [4.69, 9.17) is 9.84 Å². The Morgan fingerprint density at radius 3 is 2.30 bits per heavy atom. The molecule has 3 aliphatic heterocycles. The van der Waals surface area contributed by atoms with Crippen LogP contribution in [0.15, 0.2) is 0 Å². The van der Waals surface area contributed by atoms with Crippen LogP contribution in [0.3, 0.4) is 0 Å². The average molecular weight is 284 g/mol. The fraction of sp³-hybridized carbons (Fsp3) is 0.857. The van der Waals surface area contributed by atoms with Gasteiger partial charge in [-0.15, -0.1) is 0 Å². The largest absolute Gasteiger partial charge is 0.481 e. The lowest BCUT2D eigenvalue weighted by Crippen LogP contribution is -2.70. The number of fused-ring (bicyclic) bond motifs is 2. The summed E-state index contributed by atoms with van der Waals surface area (Å²) in [5.41, 5.74) is -0.474. The highest BCUT2D eigenvalue weighted by Crippen LogP contribution is 2.33. The number of carbonyl (C=O) groups is 2. The van der Waals surface area contributed by atoms with Gasteiger partial charge >= 0.3 is 12.1 Å². The van der Waals surface area contributed by atoms with Crippen molar-refractivity contribution in [1.29, 1.82) is 0 Å². The first kappa shape index (κ1) is 15.1. The highest BCUT2D eigenvalue weighted by molar-refractivity contribution is 5.71.